The maximum atomic E-state index is 3.72. The van der Waals surface area contributed by atoms with Crippen LogP contribution in [0.4, 0.5) is 0 Å². The Labute approximate surface area is 119 Å². The molecule has 2 saturated heterocycles. The molecule has 2 rings (SSSR count). The van der Waals surface area contributed by atoms with E-state index in [0.717, 1.165) is 12.1 Å². The van der Waals surface area contributed by atoms with E-state index in [2.05, 4.69) is 29.1 Å². The van der Waals surface area contributed by atoms with Gasteiger partial charge in [-0.05, 0) is 71.8 Å². The standard InChI is InChI=1S/C16H33N3/c1-3-11-19(14-15-7-4-5-10-17-15)16-8-6-12-18(2)13-9-16/h15-17H,3-14H2,1-2H3. The molecule has 0 aromatic carbocycles. The normalized spacial score (nSPS) is 30.5. The van der Waals surface area contributed by atoms with Crippen molar-refractivity contribution in [2.24, 2.45) is 0 Å². The fourth-order valence-electron chi connectivity index (χ4n) is 3.66. The van der Waals surface area contributed by atoms with E-state index in [0.29, 0.717) is 0 Å². The lowest BCUT2D eigenvalue weighted by Gasteiger charge is -2.35. The van der Waals surface area contributed by atoms with Crippen LogP contribution < -0.4 is 5.32 Å². The lowest BCUT2D eigenvalue weighted by molar-refractivity contribution is 0.152. The van der Waals surface area contributed by atoms with Gasteiger partial charge >= 0.3 is 0 Å². The van der Waals surface area contributed by atoms with Crippen molar-refractivity contribution in [2.75, 3.05) is 39.8 Å². The van der Waals surface area contributed by atoms with E-state index in [1.165, 1.54) is 77.7 Å². The largest absolute Gasteiger partial charge is 0.313 e. The Balaban J connectivity index is 1.86. The third-order valence-corrected chi connectivity index (χ3v) is 4.82. The van der Waals surface area contributed by atoms with Gasteiger partial charge in [0.1, 0.15) is 0 Å². The maximum absolute atomic E-state index is 3.72. The Morgan fingerprint density at radius 3 is 2.74 bits per heavy atom. The van der Waals surface area contributed by atoms with Crippen LogP contribution in [0.3, 0.4) is 0 Å². The highest BCUT2D eigenvalue weighted by atomic mass is 15.2. The van der Waals surface area contributed by atoms with E-state index < -0.39 is 0 Å². The van der Waals surface area contributed by atoms with Crippen LogP contribution in [-0.2, 0) is 0 Å². The first-order chi connectivity index (χ1) is 9.29. The first kappa shape index (κ1) is 15.3. The molecule has 3 heteroatoms. The molecule has 0 amide bonds. The average molecular weight is 267 g/mol. The van der Waals surface area contributed by atoms with Gasteiger partial charge in [0.25, 0.3) is 0 Å². The molecular weight excluding hydrogens is 234 g/mol. The lowest BCUT2D eigenvalue weighted by atomic mass is 10.0. The highest BCUT2D eigenvalue weighted by Crippen LogP contribution is 2.18. The van der Waals surface area contributed by atoms with Crippen molar-refractivity contribution < 1.29 is 0 Å². The third-order valence-electron chi connectivity index (χ3n) is 4.82. The highest BCUT2D eigenvalue weighted by molar-refractivity contribution is 4.82. The van der Waals surface area contributed by atoms with Gasteiger partial charge in [-0.2, -0.15) is 0 Å². The van der Waals surface area contributed by atoms with Gasteiger partial charge in [0, 0.05) is 18.6 Å². The summed E-state index contributed by atoms with van der Waals surface area (Å²) in [4.78, 5) is 5.30. The SMILES string of the molecule is CCCN(CC1CCCCN1)C1CCCN(C)CC1. The summed E-state index contributed by atoms with van der Waals surface area (Å²) in [7, 11) is 2.27. The van der Waals surface area contributed by atoms with Crippen molar-refractivity contribution in [3.8, 4) is 0 Å². The molecule has 1 N–H and O–H groups in total. The molecule has 3 nitrogen and oxygen atoms in total. The topological polar surface area (TPSA) is 18.5 Å². The van der Waals surface area contributed by atoms with Crippen LogP contribution in [0.15, 0.2) is 0 Å². The van der Waals surface area contributed by atoms with Gasteiger partial charge in [-0.15, -0.1) is 0 Å². The van der Waals surface area contributed by atoms with E-state index in [1.54, 1.807) is 0 Å². The minimum Gasteiger partial charge on any atom is -0.313 e. The average Bonchev–Trinajstić information content (AvgIpc) is 2.64. The molecule has 19 heavy (non-hydrogen) atoms. The summed E-state index contributed by atoms with van der Waals surface area (Å²) in [6.45, 7) is 8.69. The molecule has 2 aliphatic heterocycles. The predicted octanol–water partition coefficient (Wildman–Crippen LogP) is 2.32. The van der Waals surface area contributed by atoms with Crippen molar-refractivity contribution in [3.63, 3.8) is 0 Å². The zero-order valence-corrected chi connectivity index (χ0v) is 13.0. The van der Waals surface area contributed by atoms with Crippen LogP contribution in [-0.4, -0.2) is 61.7 Å². The molecule has 0 saturated carbocycles. The summed E-state index contributed by atoms with van der Waals surface area (Å²) in [5, 5.41) is 3.72. The number of hydrogen-bond donors (Lipinski definition) is 1. The number of nitrogens with one attached hydrogen (secondary N) is 1. The molecule has 0 aliphatic carbocycles. The van der Waals surface area contributed by atoms with Gasteiger partial charge < -0.3 is 10.2 Å². The van der Waals surface area contributed by atoms with Crippen molar-refractivity contribution in [3.05, 3.63) is 0 Å². The summed E-state index contributed by atoms with van der Waals surface area (Å²) in [6.07, 6.45) is 9.61. The van der Waals surface area contributed by atoms with Gasteiger partial charge in [-0.3, -0.25) is 4.90 Å². The van der Waals surface area contributed by atoms with Crippen LogP contribution in [0.1, 0.15) is 51.9 Å². The summed E-state index contributed by atoms with van der Waals surface area (Å²) in [5.41, 5.74) is 0. The lowest BCUT2D eigenvalue weighted by Crippen LogP contribution is -2.47. The zero-order valence-electron chi connectivity index (χ0n) is 13.0. The summed E-state index contributed by atoms with van der Waals surface area (Å²) >= 11 is 0. The van der Waals surface area contributed by atoms with Gasteiger partial charge in [-0.25, -0.2) is 0 Å². The van der Waals surface area contributed by atoms with Gasteiger partial charge in [0.15, 0.2) is 0 Å². The second-order valence-corrected chi connectivity index (χ2v) is 6.53. The van der Waals surface area contributed by atoms with Crippen molar-refractivity contribution >= 4 is 0 Å². The van der Waals surface area contributed by atoms with Crippen LogP contribution >= 0.6 is 0 Å². The molecule has 2 heterocycles. The fraction of sp³-hybridized carbons (Fsp3) is 1.00. The van der Waals surface area contributed by atoms with Crippen LogP contribution in [0.2, 0.25) is 0 Å². The zero-order chi connectivity index (χ0) is 13.5. The number of nitrogens with zero attached hydrogens (tertiary/aromatic N) is 2. The molecule has 0 aromatic heterocycles. The number of hydrogen-bond acceptors (Lipinski definition) is 3. The van der Waals surface area contributed by atoms with E-state index in [9.17, 15) is 0 Å². The first-order valence-electron chi connectivity index (χ1n) is 8.45. The van der Waals surface area contributed by atoms with E-state index in [4.69, 9.17) is 0 Å². The Hall–Kier alpha value is -0.120. The summed E-state index contributed by atoms with van der Waals surface area (Å²) in [5.74, 6) is 0. The molecule has 0 radical (unpaired) electrons. The molecule has 0 spiro atoms. The smallest absolute Gasteiger partial charge is 0.0195 e. The van der Waals surface area contributed by atoms with E-state index in [1.807, 2.05) is 0 Å². The van der Waals surface area contributed by atoms with E-state index >= 15 is 0 Å². The molecule has 2 fully saturated rings. The summed E-state index contributed by atoms with van der Waals surface area (Å²) in [6, 6.07) is 1.58. The van der Waals surface area contributed by atoms with Crippen LogP contribution in [0.5, 0.6) is 0 Å². The molecule has 2 unspecified atom stereocenters. The number of piperidine rings is 1. The van der Waals surface area contributed by atoms with E-state index in [-0.39, 0.29) is 0 Å². The van der Waals surface area contributed by atoms with Gasteiger partial charge in [0.2, 0.25) is 0 Å². The Bertz CT molecular complexity index is 238. The monoisotopic (exact) mass is 267 g/mol. The third kappa shape index (κ3) is 5.05. The maximum Gasteiger partial charge on any atom is 0.0195 e. The second-order valence-electron chi connectivity index (χ2n) is 6.53. The number of likely N-dealkylation sites (tertiary alicyclic amines) is 1. The highest BCUT2D eigenvalue weighted by Gasteiger charge is 2.24. The van der Waals surface area contributed by atoms with Crippen molar-refractivity contribution in [2.45, 2.75) is 64.0 Å². The van der Waals surface area contributed by atoms with Gasteiger partial charge in [0.05, 0.1) is 0 Å². The van der Waals surface area contributed by atoms with Crippen molar-refractivity contribution in [1.82, 2.24) is 15.1 Å². The fourth-order valence-corrected chi connectivity index (χ4v) is 3.66. The minimum absolute atomic E-state index is 0.751. The predicted molar refractivity (Wildman–Crippen MR) is 82.6 cm³/mol. The molecule has 2 aliphatic rings. The Morgan fingerprint density at radius 2 is 2.00 bits per heavy atom. The van der Waals surface area contributed by atoms with Crippen LogP contribution in [0, 0.1) is 0 Å². The first-order valence-corrected chi connectivity index (χ1v) is 8.45. The number of rotatable bonds is 5. The summed E-state index contributed by atoms with van der Waals surface area (Å²) < 4.78 is 0. The minimum atomic E-state index is 0.751. The molecule has 0 aromatic rings. The molecular formula is C16H33N3. The second kappa shape index (κ2) is 8.23. The van der Waals surface area contributed by atoms with Crippen molar-refractivity contribution in [1.29, 1.82) is 0 Å². The molecule has 112 valence electrons. The molecule has 2 atom stereocenters. The van der Waals surface area contributed by atoms with Crippen LogP contribution in [0.25, 0.3) is 0 Å². The quantitative estimate of drug-likeness (QED) is 0.825. The Morgan fingerprint density at radius 1 is 1.11 bits per heavy atom. The Kier molecular flexibility index (Phi) is 6.62. The van der Waals surface area contributed by atoms with Gasteiger partial charge in [-0.1, -0.05) is 13.3 Å². The molecule has 0 bridgehead atoms.